The Morgan fingerprint density at radius 2 is 2.12 bits per heavy atom. The summed E-state index contributed by atoms with van der Waals surface area (Å²) in [5, 5.41) is 2.60. The topological polar surface area (TPSA) is 17.3 Å². The van der Waals surface area contributed by atoms with E-state index >= 15 is 0 Å². The van der Waals surface area contributed by atoms with Gasteiger partial charge in [-0.2, -0.15) is 0 Å². The van der Waals surface area contributed by atoms with Gasteiger partial charge in [-0.15, -0.1) is 0 Å². The molecule has 0 fully saturated rings. The number of imidazole rings is 1. The van der Waals surface area contributed by atoms with E-state index in [4.69, 9.17) is 4.98 Å². The molecule has 0 aliphatic heterocycles. The molecular weight excluding hydrogens is 208 g/mol. The summed E-state index contributed by atoms with van der Waals surface area (Å²) in [5.41, 5.74) is 5.19. The molecule has 0 saturated heterocycles. The molecule has 0 radical (unpaired) electrons. The predicted octanol–water partition coefficient (Wildman–Crippen LogP) is 3.28. The Kier molecular flexibility index (Phi) is 1.68. The number of benzene rings is 1. The average Bonchev–Trinajstić information content (AvgIpc) is 2.88. The van der Waals surface area contributed by atoms with E-state index in [1.807, 2.05) is 0 Å². The van der Waals surface area contributed by atoms with Gasteiger partial charge in [-0.3, -0.25) is 0 Å². The number of rotatable bonds is 0. The summed E-state index contributed by atoms with van der Waals surface area (Å²) in [4.78, 5) is 4.85. The molecule has 0 saturated carbocycles. The van der Waals surface area contributed by atoms with Gasteiger partial charge in [0, 0.05) is 17.3 Å². The largest absolute Gasteiger partial charge is 0.303 e. The lowest BCUT2D eigenvalue weighted by Gasteiger charge is -2.05. The van der Waals surface area contributed by atoms with Gasteiger partial charge in [-0.25, -0.2) is 4.98 Å². The van der Waals surface area contributed by atoms with Crippen molar-refractivity contribution in [3.8, 4) is 0 Å². The summed E-state index contributed by atoms with van der Waals surface area (Å²) >= 11 is 0. The molecule has 3 aromatic rings. The van der Waals surface area contributed by atoms with Crippen LogP contribution in [0.25, 0.3) is 16.4 Å². The Hall–Kier alpha value is -1.83. The van der Waals surface area contributed by atoms with E-state index in [0.29, 0.717) is 0 Å². The fourth-order valence-electron chi connectivity index (χ4n) is 3.03. The minimum Gasteiger partial charge on any atom is -0.303 e. The van der Waals surface area contributed by atoms with Crippen LogP contribution in [0.3, 0.4) is 0 Å². The molecule has 0 amide bonds. The molecule has 1 aliphatic rings. The Morgan fingerprint density at radius 1 is 1.18 bits per heavy atom. The second-order valence-electron chi connectivity index (χ2n) is 4.91. The van der Waals surface area contributed by atoms with E-state index in [0.717, 1.165) is 12.1 Å². The van der Waals surface area contributed by atoms with Gasteiger partial charge in [0.2, 0.25) is 0 Å². The second-order valence-corrected chi connectivity index (χ2v) is 4.91. The number of pyridine rings is 1. The van der Waals surface area contributed by atoms with Gasteiger partial charge < -0.3 is 4.40 Å². The summed E-state index contributed by atoms with van der Waals surface area (Å²) in [7, 11) is 0. The van der Waals surface area contributed by atoms with Crippen molar-refractivity contribution in [3.05, 3.63) is 47.4 Å². The van der Waals surface area contributed by atoms with Gasteiger partial charge in [0.15, 0.2) is 0 Å². The normalized spacial score (nSPS) is 14.6. The van der Waals surface area contributed by atoms with Crippen molar-refractivity contribution in [2.75, 3.05) is 0 Å². The highest BCUT2D eigenvalue weighted by Gasteiger charge is 2.18. The molecule has 4 rings (SSSR count). The smallest absolute Gasteiger partial charge is 0.145 e. The first-order valence-corrected chi connectivity index (χ1v) is 6.23. The molecule has 2 nitrogen and oxygen atoms in total. The maximum absolute atomic E-state index is 4.85. The maximum atomic E-state index is 4.85. The first-order chi connectivity index (χ1) is 8.34. The minimum atomic E-state index is 1.14. The van der Waals surface area contributed by atoms with E-state index in [-0.39, 0.29) is 0 Å². The van der Waals surface area contributed by atoms with Crippen LogP contribution in [0.15, 0.2) is 30.5 Å². The molecule has 0 bridgehead atoms. The quantitative estimate of drug-likeness (QED) is 0.570. The molecule has 2 heteroatoms. The lowest BCUT2D eigenvalue weighted by atomic mass is 10.1. The standard InChI is InChI=1S/C15H14N2/c1-10-4-2-5-11-8-9-17-13-7-3-6-12(13)16-15(17)14(10)11/h2,4-5,8-9H,3,6-7H2,1H3. The zero-order chi connectivity index (χ0) is 11.4. The van der Waals surface area contributed by atoms with Crippen LogP contribution in [0.1, 0.15) is 23.4 Å². The zero-order valence-electron chi connectivity index (χ0n) is 9.90. The lowest BCUT2D eigenvalue weighted by molar-refractivity contribution is 0.870. The second kappa shape index (κ2) is 3.10. The summed E-state index contributed by atoms with van der Waals surface area (Å²) in [6.45, 7) is 2.17. The Balaban J connectivity index is 2.25. The molecule has 0 atom stereocenters. The van der Waals surface area contributed by atoms with Crippen molar-refractivity contribution in [2.45, 2.75) is 26.2 Å². The van der Waals surface area contributed by atoms with Crippen molar-refractivity contribution in [1.29, 1.82) is 0 Å². The molecule has 1 aliphatic carbocycles. The third-order valence-electron chi connectivity index (χ3n) is 3.85. The van der Waals surface area contributed by atoms with Crippen molar-refractivity contribution in [1.82, 2.24) is 9.38 Å². The zero-order valence-corrected chi connectivity index (χ0v) is 9.90. The van der Waals surface area contributed by atoms with Crippen molar-refractivity contribution in [3.63, 3.8) is 0 Å². The molecule has 2 heterocycles. The van der Waals surface area contributed by atoms with Gasteiger partial charge in [-0.1, -0.05) is 18.2 Å². The summed E-state index contributed by atoms with van der Waals surface area (Å²) < 4.78 is 2.29. The molecule has 0 unspecified atom stereocenters. The van der Waals surface area contributed by atoms with Crippen LogP contribution < -0.4 is 0 Å². The predicted molar refractivity (Wildman–Crippen MR) is 69.5 cm³/mol. The third kappa shape index (κ3) is 1.13. The van der Waals surface area contributed by atoms with E-state index in [9.17, 15) is 0 Å². The van der Waals surface area contributed by atoms with Crippen LogP contribution in [0.2, 0.25) is 0 Å². The summed E-state index contributed by atoms with van der Waals surface area (Å²) in [6, 6.07) is 8.66. The van der Waals surface area contributed by atoms with Gasteiger partial charge in [-0.05, 0) is 43.2 Å². The molecule has 1 aromatic carbocycles. The fourth-order valence-corrected chi connectivity index (χ4v) is 3.03. The van der Waals surface area contributed by atoms with Gasteiger partial charge in [0.05, 0.1) is 5.69 Å². The monoisotopic (exact) mass is 222 g/mol. The SMILES string of the molecule is Cc1cccc2ccn3c4c(nc3c12)CCC4. The molecule has 84 valence electrons. The Bertz CT molecular complexity index is 737. The summed E-state index contributed by atoms with van der Waals surface area (Å²) in [6.07, 6.45) is 5.75. The highest BCUT2D eigenvalue weighted by molar-refractivity contribution is 5.96. The van der Waals surface area contributed by atoms with E-state index in [1.54, 1.807) is 0 Å². The van der Waals surface area contributed by atoms with Crippen LogP contribution in [0.5, 0.6) is 0 Å². The number of fused-ring (bicyclic) bond motifs is 5. The third-order valence-corrected chi connectivity index (χ3v) is 3.85. The van der Waals surface area contributed by atoms with Crippen LogP contribution in [-0.4, -0.2) is 9.38 Å². The first kappa shape index (κ1) is 9.23. The van der Waals surface area contributed by atoms with Crippen LogP contribution in [0, 0.1) is 6.92 Å². The van der Waals surface area contributed by atoms with Crippen molar-refractivity contribution >= 4 is 16.4 Å². The van der Waals surface area contributed by atoms with E-state index in [1.165, 1.54) is 40.6 Å². The van der Waals surface area contributed by atoms with Gasteiger partial charge >= 0.3 is 0 Å². The number of hydrogen-bond donors (Lipinski definition) is 0. The molecule has 17 heavy (non-hydrogen) atoms. The van der Waals surface area contributed by atoms with Crippen molar-refractivity contribution in [2.24, 2.45) is 0 Å². The molecule has 0 spiro atoms. The highest BCUT2D eigenvalue weighted by atomic mass is 15.0. The average molecular weight is 222 g/mol. The molecular formula is C15H14N2. The maximum Gasteiger partial charge on any atom is 0.145 e. The van der Waals surface area contributed by atoms with Gasteiger partial charge in [0.1, 0.15) is 5.65 Å². The number of hydrogen-bond acceptors (Lipinski definition) is 1. The Morgan fingerprint density at radius 3 is 3.06 bits per heavy atom. The van der Waals surface area contributed by atoms with E-state index in [2.05, 4.69) is 41.8 Å². The number of aryl methyl sites for hydroxylation is 3. The number of nitrogens with zero attached hydrogens (tertiary/aromatic N) is 2. The minimum absolute atomic E-state index is 1.14. The highest BCUT2D eigenvalue weighted by Crippen LogP contribution is 2.28. The Labute approximate surface area is 99.9 Å². The molecule has 0 N–H and O–H groups in total. The molecule has 2 aromatic heterocycles. The van der Waals surface area contributed by atoms with Gasteiger partial charge in [0.25, 0.3) is 0 Å². The summed E-state index contributed by atoms with van der Waals surface area (Å²) in [5.74, 6) is 0. The fraction of sp³-hybridized carbons (Fsp3) is 0.267. The van der Waals surface area contributed by atoms with Crippen molar-refractivity contribution < 1.29 is 0 Å². The number of aromatic nitrogens is 2. The van der Waals surface area contributed by atoms with Crippen LogP contribution in [-0.2, 0) is 12.8 Å². The van der Waals surface area contributed by atoms with Crippen LogP contribution in [0.4, 0.5) is 0 Å². The van der Waals surface area contributed by atoms with E-state index < -0.39 is 0 Å². The lowest BCUT2D eigenvalue weighted by Crippen LogP contribution is -1.92. The first-order valence-electron chi connectivity index (χ1n) is 6.23. The van der Waals surface area contributed by atoms with Crippen LogP contribution >= 0.6 is 0 Å².